The van der Waals surface area contributed by atoms with Crippen molar-refractivity contribution in [2.45, 2.75) is 13.0 Å². The van der Waals surface area contributed by atoms with Crippen LogP contribution in [0.15, 0.2) is 61.2 Å². The van der Waals surface area contributed by atoms with Crippen molar-refractivity contribution in [3.8, 4) is 5.69 Å². The number of amides is 1. The van der Waals surface area contributed by atoms with E-state index >= 15 is 0 Å². The maximum absolute atomic E-state index is 12.6. The molecule has 0 aliphatic rings. The molecule has 0 saturated heterocycles. The Bertz CT molecular complexity index is 988. The van der Waals surface area contributed by atoms with Crippen molar-refractivity contribution >= 4 is 16.9 Å². The van der Waals surface area contributed by atoms with E-state index in [2.05, 4.69) is 25.5 Å². The molecular weight excluding hydrogens is 316 g/mol. The fourth-order valence-electron chi connectivity index (χ4n) is 2.67. The van der Waals surface area contributed by atoms with Gasteiger partial charge in [0.15, 0.2) is 0 Å². The van der Waals surface area contributed by atoms with Gasteiger partial charge in [0.2, 0.25) is 0 Å². The second-order valence-corrected chi connectivity index (χ2v) is 5.75. The van der Waals surface area contributed by atoms with Gasteiger partial charge in [0, 0.05) is 11.3 Å². The van der Waals surface area contributed by atoms with Crippen molar-refractivity contribution in [2.75, 3.05) is 0 Å². The standard InChI is InChI=1S/C18H16N6O/c1-12(17-22-15-7-2-3-8-16(15)23-17)21-18(25)13-5-4-6-14(9-13)24-10-19-20-11-24/h2-12H,1H3,(H,21,25)(H,22,23)/t12-/m0/s1. The van der Waals surface area contributed by atoms with Gasteiger partial charge in [0.1, 0.15) is 18.5 Å². The number of nitrogens with one attached hydrogen (secondary N) is 2. The van der Waals surface area contributed by atoms with E-state index in [1.807, 2.05) is 43.3 Å². The number of carbonyl (C=O) groups excluding carboxylic acids is 1. The predicted octanol–water partition coefficient (Wildman–Crippen LogP) is 2.63. The van der Waals surface area contributed by atoms with E-state index in [0.29, 0.717) is 5.56 Å². The summed E-state index contributed by atoms with van der Waals surface area (Å²) in [7, 11) is 0. The molecule has 4 rings (SSSR count). The Morgan fingerprint density at radius 3 is 2.72 bits per heavy atom. The van der Waals surface area contributed by atoms with Crippen molar-refractivity contribution < 1.29 is 4.79 Å². The fourth-order valence-corrected chi connectivity index (χ4v) is 2.67. The largest absolute Gasteiger partial charge is 0.342 e. The van der Waals surface area contributed by atoms with E-state index in [-0.39, 0.29) is 11.9 Å². The number of aromatic nitrogens is 5. The Balaban J connectivity index is 1.54. The van der Waals surface area contributed by atoms with Crippen LogP contribution in [0.4, 0.5) is 0 Å². The number of para-hydroxylation sites is 2. The van der Waals surface area contributed by atoms with Gasteiger partial charge in [0.25, 0.3) is 5.91 Å². The number of benzene rings is 2. The van der Waals surface area contributed by atoms with Crippen LogP contribution in [0.1, 0.15) is 29.1 Å². The molecule has 7 nitrogen and oxygen atoms in total. The average molecular weight is 332 g/mol. The van der Waals surface area contributed by atoms with Gasteiger partial charge in [-0.15, -0.1) is 10.2 Å². The van der Waals surface area contributed by atoms with Crippen molar-refractivity contribution in [3.63, 3.8) is 0 Å². The van der Waals surface area contributed by atoms with Gasteiger partial charge in [-0.05, 0) is 37.3 Å². The summed E-state index contributed by atoms with van der Waals surface area (Å²) in [6, 6.07) is 14.8. The van der Waals surface area contributed by atoms with Gasteiger partial charge in [-0.1, -0.05) is 18.2 Å². The minimum Gasteiger partial charge on any atom is -0.342 e. The summed E-state index contributed by atoms with van der Waals surface area (Å²) in [5, 5.41) is 10.5. The number of rotatable bonds is 4. The molecule has 0 saturated carbocycles. The van der Waals surface area contributed by atoms with Gasteiger partial charge in [-0.2, -0.15) is 0 Å². The van der Waals surface area contributed by atoms with E-state index in [0.717, 1.165) is 22.5 Å². The van der Waals surface area contributed by atoms with Crippen LogP contribution in [-0.4, -0.2) is 30.6 Å². The van der Waals surface area contributed by atoms with Crippen LogP contribution < -0.4 is 5.32 Å². The zero-order valence-corrected chi connectivity index (χ0v) is 13.5. The maximum atomic E-state index is 12.6. The SMILES string of the molecule is C[C@H](NC(=O)c1cccc(-n2cnnc2)c1)c1nc2ccccc2[nH]1. The minimum atomic E-state index is -0.238. The first kappa shape index (κ1) is 15.1. The lowest BCUT2D eigenvalue weighted by atomic mass is 10.1. The highest BCUT2D eigenvalue weighted by Crippen LogP contribution is 2.16. The summed E-state index contributed by atoms with van der Waals surface area (Å²) in [6.45, 7) is 1.90. The quantitative estimate of drug-likeness (QED) is 0.601. The van der Waals surface area contributed by atoms with Crippen molar-refractivity contribution in [2.24, 2.45) is 0 Å². The van der Waals surface area contributed by atoms with Crippen LogP contribution in [-0.2, 0) is 0 Å². The molecule has 0 radical (unpaired) electrons. The number of hydrogen-bond donors (Lipinski definition) is 2. The number of fused-ring (bicyclic) bond motifs is 1. The fraction of sp³-hybridized carbons (Fsp3) is 0.111. The van der Waals surface area contributed by atoms with E-state index < -0.39 is 0 Å². The molecule has 1 amide bonds. The van der Waals surface area contributed by atoms with Crippen molar-refractivity contribution in [1.82, 2.24) is 30.0 Å². The summed E-state index contributed by atoms with van der Waals surface area (Å²) in [4.78, 5) is 20.3. The second kappa shape index (κ2) is 6.20. The molecule has 0 aliphatic carbocycles. The molecule has 0 aliphatic heterocycles. The number of imidazole rings is 1. The normalized spacial score (nSPS) is 12.2. The Morgan fingerprint density at radius 1 is 1.12 bits per heavy atom. The molecule has 7 heteroatoms. The van der Waals surface area contributed by atoms with Gasteiger partial charge < -0.3 is 10.3 Å². The second-order valence-electron chi connectivity index (χ2n) is 5.75. The third kappa shape index (κ3) is 2.99. The lowest BCUT2D eigenvalue weighted by molar-refractivity contribution is 0.0938. The molecule has 2 N–H and O–H groups in total. The van der Waals surface area contributed by atoms with Crippen LogP contribution in [0.2, 0.25) is 0 Å². The van der Waals surface area contributed by atoms with Crippen LogP contribution in [0.3, 0.4) is 0 Å². The molecule has 25 heavy (non-hydrogen) atoms. The van der Waals surface area contributed by atoms with E-state index in [1.54, 1.807) is 29.4 Å². The molecule has 124 valence electrons. The smallest absolute Gasteiger partial charge is 0.251 e. The zero-order chi connectivity index (χ0) is 17.2. The first-order valence-electron chi connectivity index (χ1n) is 7.91. The number of hydrogen-bond acceptors (Lipinski definition) is 4. The lowest BCUT2D eigenvalue weighted by Gasteiger charge is -2.12. The minimum absolute atomic E-state index is 0.164. The number of H-pyrrole nitrogens is 1. The van der Waals surface area contributed by atoms with Gasteiger partial charge in [0.05, 0.1) is 17.1 Å². The van der Waals surface area contributed by atoms with E-state index in [9.17, 15) is 4.79 Å². The number of aromatic amines is 1. The maximum Gasteiger partial charge on any atom is 0.251 e. The first-order valence-corrected chi connectivity index (χ1v) is 7.91. The molecular formula is C18H16N6O. The Kier molecular flexibility index (Phi) is 3.74. The molecule has 4 aromatic rings. The predicted molar refractivity (Wildman–Crippen MR) is 93.3 cm³/mol. The van der Waals surface area contributed by atoms with Crippen LogP contribution in [0.25, 0.3) is 16.7 Å². The highest BCUT2D eigenvalue weighted by molar-refractivity contribution is 5.95. The van der Waals surface area contributed by atoms with E-state index in [1.165, 1.54) is 0 Å². The molecule has 0 unspecified atom stereocenters. The number of carbonyl (C=O) groups is 1. The van der Waals surface area contributed by atoms with E-state index in [4.69, 9.17) is 0 Å². The molecule has 2 heterocycles. The molecule has 2 aromatic carbocycles. The highest BCUT2D eigenvalue weighted by Gasteiger charge is 2.15. The van der Waals surface area contributed by atoms with Crippen molar-refractivity contribution in [1.29, 1.82) is 0 Å². The third-order valence-electron chi connectivity index (χ3n) is 3.99. The van der Waals surface area contributed by atoms with Gasteiger partial charge in [-0.3, -0.25) is 9.36 Å². The zero-order valence-electron chi connectivity index (χ0n) is 13.5. The summed E-state index contributed by atoms with van der Waals surface area (Å²) < 4.78 is 1.75. The Hall–Kier alpha value is -3.48. The Labute approximate surface area is 143 Å². The van der Waals surface area contributed by atoms with Crippen LogP contribution >= 0.6 is 0 Å². The lowest BCUT2D eigenvalue weighted by Crippen LogP contribution is -2.27. The van der Waals surface area contributed by atoms with Gasteiger partial charge in [-0.25, -0.2) is 4.98 Å². The summed E-state index contributed by atoms with van der Waals surface area (Å²) in [5.74, 6) is 0.562. The van der Waals surface area contributed by atoms with Crippen molar-refractivity contribution in [3.05, 3.63) is 72.6 Å². The van der Waals surface area contributed by atoms with Crippen LogP contribution in [0, 0.1) is 0 Å². The molecule has 1 atom stereocenters. The summed E-state index contributed by atoms with van der Waals surface area (Å²) in [6.07, 6.45) is 3.18. The van der Waals surface area contributed by atoms with Gasteiger partial charge >= 0.3 is 0 Å². The number of nitrogens with zero attached hydrogens (tertiary/aromatic N) is 4. The third-order valence-corrected chi connectivity index (χ3v) is 3.99. The van der Waals surface area contributed by atoms with Crippen LogP contribution in [0.5, 0.6) is 0 Å². The topological polar surface area (TPSA) is 88.5 Å². The molecule has 0 spiro atoms. The first-order chi connectivity index (χ1) is 12.2. The Morgan fingerprint density at radius 2 is 1.92 bits per heavy atom. The summed E-state index contributed by atoms with van der Waals surface area (Å²) >= 11 is 0. The summed E-state index contributed by atoms with van der Waals surface area (Å²) in [5.41, 5.74) is 3.23. The molecule has 0 bridgehead atoms. The average Bonchev–Trinajstić information content (AvgIpc) is 3.31. The molecule has 0 fully saturated rings. The molecule has 2 aromatic heterocycles. The highest BCUT2D eigenvalue weighted by atomic mass is 16.1. The monoisotopic (exact) mass is 332 g/mol.